The number of amides is 1. The molecule has 1 aromatic rings. The van der Waals surface area contributed by atoms with Crippen LogP contribution in [0.1, 0.15) is 31.7 Å². The van der Waals surface area contributed by atoms with E-state index in [-0.39, 0.29) is 11.8 Å². The lowest BCUT2D eigenvalue weighted by Crippen LogP contribution is -2.24. The number of likely N-dealkylation sites (N-methyl/N-ethyl adjacent to an activating group) is 1. The summed E-state index contributed by atoms with van der Waals surface area (Å²) in [6.07, 6.45) is 0.881. The molecule has 1 amide bonds. The Kier molecular flexibility index (Phi) is 3.17. The Morgan fingerprint density at radius 2 is 2.12 bits per heavy atom. The third-order valence-corrected chi connectivity index (χ3v) is 3.91. The minimum Gasteiger partial charge on any atom is -0.398 e. The minimum absolute atomic E-state index is 0.0214. The molecule has 2 N–H and O–H groups in total. The van der Waals surface area contributed by atoms with Gasteiger partial charge in [0.25, 0.3) is 0 Å². The van der Waals surface area contributed by atoms with Crippen LogP contribution in [-0.2, 0) is 4.79 Å². The van der Waals surface area contributed by atoms with Gasteiger partial charge in [-0.05, 0) is 46.0 Å². The summed E-state index contributed by atoms with van der Waals surface area (Å²) in [6, 6.07) is 3.86. The zero-order valence-electron chi connectivity index (χ0n) is 10.3. The third kappa shape index (κ3) is 2.06. The van der Waals surface area contributed by atoms with Crippen LogP contribution in [0.15, 0.2) is 16.6 Å². The molecule has 3 nitrogen and oxygen atoms in total. The molecule has 1 aromatic carbocycles. The molecule has 0 radical (unpaired) electrons. The highest BCUT2D eigenvalue weighted by molar-refractivity contribution is 9.10. The van der Waals surface area contributed by atoms with Gasteiger partial charge in [0.05, 0.1) is 5.92 Å². The van der Waals surface area contributed by atoms with Crippen molar-refractivity contribution in [3.8, 4) is 0 Å². The number of nitrogens with zero attached hydrogens (tertiary/aromatic N) is 1. The van der Waals surface area contributed by atoms with Gasteiger partial charge >= 0.3 is 0 Å². The van der Waals surface area contributed by atoms with Crippen LogP contribution >= 0.6 is 15.9 Å². The van der Waals surface area contributed by atoms with E-state index in [0.29, 0.717) is 11.6 Å². The molecule has 1 aliphatic rings. The summed E-state index contributed by atoms with van der Waals surface area (Å²) in [5.74, 6) is 0.651. The number of hydrogen-bond acceptors (Lipinski definition) is 2. The van der Waals surface area contributed by atoms with Crippen molar-refractivity contribution >= 4 is 33.2 Å². The average molecular weight is 297 g/mol. The highest BCUT2D eigenvalue weighted by atomic mass is 79.9. The number of hydrogen-bond donors (Lipinski definition) is 1. The number of nitrogens with two attached hydrogens (primary N) is 1. The van der Waals surface area contributed by atoms with Crippen LogP contribution in [0, 0.1) is 5.92 Å². The van der Waals surface area contributed by atoms with Gasteiger partial charge in [0.15, 0.2) is 0 Å². The van der Waals surface area contributed by atoms with Gasteiger partial charge in [0.2, 0.25) is 5.91 Å². The van der Waals surface area contributed by atoms with Crippen molar-refractivity contribution in [2.45, 2.75) is 26.2 Å². The van der Waals surface area contributed by atoms with E-state index in [4.69, 9.17) is 5.73 Å². The molecule has 1 atom stereocenters. The normalized spacial score (nSPS) is 19.0. The Bertz CT molecular complexity index is 471. The maximum absolute atomic E-state index is 12.2. The number of rotatable bonds is 2. The molecule has 92 valence electrons. The highest BCUT2D eigenvalue weighted by Gasteiger charge is 2.35. The lowest BCUT2D eigenvalue weighted by atomic mass is 9.91. The summed E-state index contributed by atoms with van der Waals surface area (Å²) in [5.41, 5.74) is 8.57. The second-order valence-corrected chi connectivity index (χ2v) is 5.87. The maximum Gasteiger partial charge on any atom is 0.234 e. The Hall–Kier alpha value is -1.03. The van der Waals surface area contributed by atoms with Crippen molar-refractivity contribution in [3.63, 3.8) is 0 Å². The average Bonchev–Trinajstić information content (AvgIpc) is 2.45. The molecule has 0 bridgehead atoms. The van der Waals surface area contributed by atoms with Crippen molar-refractivity contribution in [2.75, 3.05) is 17.7 Å². The summed E-state index contributed by atoms with van der Waals surface area (Å²) < 4.78 is 0.869. The Morgan fingerprint density at radius 1 is 1.47 bits per heavy atom. The quantitative estimate of drug-likeness (QED) is 0.852. The van der Waals surface area contributed by atoms with E-state index in [9.17, 15) is 4.79 Å². The molecule has 0 aromatic heterocycles. The van der Waals surface area contributed by atoms with Gasteiger partial charge in [-0.1, -0.05) is 13.8 Å². The first-order valence-corrected chi connectivity index (χ1v) is 6.57. The predicted octanol–water partition coefficient (Wildman–Crippen LogP) is 3.14. The topological polar surface area (TPSA) is 46.3 Å². The molecular formula is C13H17BrN2O. The summed E-state index contributed by atoms with van der Waals surface area (Å²) >= 11 is 3.43. The van der Waals surface area contributed by atoms with Crippen molar-refractivity contribution < 1.29 is 4.79 Å². The van der Waals surface area contributed by atoms with E-state index in [2.05, 4.69) is 29.8 Å². The monoisotopic (exact) mass is 296 g/mol. The number of benzene rings is 1. The van der Waals surface area contributed by atoms with Gasteiger partial charge in [-0.2, -0.15) is 0 Å². The lowest BCUT2D eigenvalue weighted by Gasteiger charge is -2.12. The van der Waals surface area contributed by atoms with Crippen LogP contribution in [0.3, 0.4) is 0 Å². The number of carbonyl (C=O) groups is 1. The van der Waals surface area contributed by atoms with E-state index < -0.39 is 0 Å². The predicted molar refractivity (Wildman–Crippen MR) is 74.2 cm³/mol. The van der Waals surface area contributed by atoms with E-state index >= 15 is 0 Å². The Morgan fingerprint density at radius 3 is 2.71 bits per heavy atom. The van der Waals surface area contributed by atoms with Gasteiger partial charge in [-0.25, -0.2) is 0 Å². The molecule has 1 aliphatic heterocycles. The van der Waals surface area contributed by atoms with Crippen LogP contribution in [-0.4, -0.2) is 13.0 Å². The first-order chi connectivity index (χ1) is 7.91. The molecule has 2 rings (SSSR count). The largest absolute Gasteiger partial charge is 0.398 e. The van der Waals surface area contributed by atoms with Crippen molar-refractivity contribution in [3.05, 3.63) is 22.2 Å². The fourth-order valence-electron chi connectivity index (χ4n) is 2.35. The highest BCUT2D eigenvalue weighted by Crippen LogP contribution is 2.42. The number of carbonyl (C=O) groups excluding carboxylic acids is 1. The van der Waals surface area contributed by atoms with Crippen LogP contribution < -0.4 is 10.6 Å². The van der Waals surface area contributed by atoms with Crippen molar-refractivity contribution in [2.24, 2.45) is 5.92 Å². The summed E-state index contributed by atoms with van der Waals surface area (Å²) in [5, 5.41) is 0. The van der Waals surface area contributed by atoms with E-state index in [1.807, 2.05) is 19.2 Å². The molecule has 0 aliphatic carbocycles. The van der Waals surface area contributed by atoms with Gasteiger partial charge in [-0.3, -0.25) is 4.79 Å². The minimum atomic E-state index is -0.0214. The smallest absolute Gasteiger partial charge is 0.234 e. The second-order valence-electron chi connectivity index (χ2n) is 5.01. The van der Waals surface area contributed by atoms with Crippen LogP contribution in [0.2, 0.25) is 0 Å². The summed E-state index contributed by atoms with van der Waals surface area (Å²) in [6.45, 7) is 4.27. The van der Waals surface area contributed by atoms with Gasteiger partial charge in [0.1, 0.15) is 0 Å². The molecule has 0 saturated carbocycles. The standard InChI is InChI=1S/C13H17BrN2O/c1-7(2)4-9-8-5-10(14)11(15)6-12(8)16(3)13(9)17/h5-7,9H,4,15H2,1-3H3. The lowest BCUT2D eigenvalue weighted by molar-refractivity contribution is -0.119. The Balaban J connectivity index is 2.48. The Labute approximate surface area is 110 Å². The molecule has 4 heteroatoms. The number of fused-ring (bicyclic) bond motifs is 1. The summed E-state index contributed by atoms with van der Waals surface area (Å²) in [7, 11) is 1.81. The maximum atomic E-state index is 12.2. The fraction of sp³-hybridized carbons (Fsp3) is 0.462. The second kappa shape index (κ2) is 4.33. The molecule has 17 heavy (non-hydrogen) atoms. The first-order valence-electron chi connectivity index (χ1n) is 5.78. The van der Waals surface area contributed by atoms with E-state index in [0.717, 1.165) is 22.1 Å². The zero-order chi connectivity index (χ0) is 12.7. The summed E-state index contributed by atoms with van der Waals surface area (Å²) in [4.78, 5) is 13.9. The fourth-order valence-corrected chi connectivity index (χ4v) is 2.71. The molecule has 1 heterocycles. The first kappa shape index (κ1) is 12.4. The molecular weight excluding hydrogens is 280 g/mol. The third-order valence-electron chi connectivity index (χ3n) is 3.22. The van der Waals surface area contributed by atoms with Gasteiger partial charge in [0, 0.05) is 22.9 Å². The van der Waals surface area contributed by atoms with Crippen LogP contribution in [0.5, 0.6) is 0 Å². The number of anilines is 2. The van der Waals surface area contributed by atoms with Crippen LogP contribution in [0.25, 0.3) is 0 Å². The van der Waals surface area contributed by atoms with Crippen molar-refractivity contribution in [1.82, 2.24) is 0 Å². The SMILES string of the molecule is CC(C)CC1C(=O)N(C)c2cc(N)c(Br)cc21. The van der Waals surface area contributed by atoms with Crippen LogP contribution in [0.4, 0.5) is 11.4 Å². The van der Waals surface area contributed by atoms with Gasteiger partial charge in [-0.15, -0.1) is 0 Å². The number of halogens is 1. The van der Waals surface area contributed by atoms with Gasteiger partial charge < -0.3 is 10.6 Å². The molecule has 0 fully saturated rings. The molecule has 0 spiro atoms. The number of nitrogen functional groups attached to an aromatic ring is 1. The van der Waals surface area contributed by atoms with Crippen molar-refractivity contribution in [1.29, 1.82) is 0 Å². The van der Waals surface area contributed by atoms with E-state index in [1.54, 1.807) is 4.90 Å². The molecule has 1 unspecified atom stereocenters. The van der Waals surface area contributed by atoms with E-state index in [1.165, 1.54) is 0 Å². The zero-order valence-corrected chi connectivity index (χ0v) is 11.9. The molecule has 0 saturated heterocycles.